The molecule has 2 nitrogen and oxygen atoms in total. The van der Waals surface area contributed by atoms with E-state index >= 15 is 0 Å². The highest BCUT2D eigenvalue weighted by Gasteiger charge is 2.19. The van der Waals surface area contributed by atoms with Gasteiger partial charge in [0.25, 0.3) is 0 Å². The van der Waals surface area contributed by atoms with E-state index in [1.165, 1.54) is 5.56 Å². The summed E-state index contributed by atoms with van der Waals surface area (Å²) < 4.78 is 6.05. The van der Waals surface area contributed by atoms with Crippen LogP contribution in [0.3, 0.4) is 0 Å². The van der Waals surface area contributed by atoms with Crippen molar-refractivity contribution >= 4 is 0 Å². The van der Waals surface area contributed by atoms with Crippen molar-refractivity contribution < 1.29 is 9.84 Å². The minimum atomic E-state index is -0.378. The topological polar surface area (TPSA) is 29.5 Å². The van der Waals surface area contributed by atoms with Crippen LogP contribution in [-0.2, 0) is 0 Å². The van der Waals surface area contributed by atoms with Gasteiger partial charge >= 0.3 is 0 Å². The first-order valence-electron chi connectivity index (χ1n) is 7.44. The first kappa shape index (κ1) is 16.0. The molecule has 0 fully saturated rings. The molecule has 1 rings (SSSR count). The largest absolute Gasteiger partial charge is 0.487 e. The molecular formula is C17H28O2. The van der Waals surface area contributed by atoms with Gasteiger partial charge in [-0.1, -0.05) is 46.2 Å². The predicted octanol–water partition coefficient (Wildman–Crippen LogP) is 4.44. The Morgan fingerprint density at radius 3 is 2.42 bits per heavy atom. The zero-order valence-corrected chi connectivity index (χ0v) is 12.9. The van der Waals surface area contributed by atoms with Gasteiger partial charge in [-0.15, -0.1) is 0 Å². The molecule has 0 aromatic heterocycles. The predicted molar refractivity (Wildman–Crippen MR) is 80.9 cm³/mol. The fourth-order valence-corrected chi connectivity index (χ4v) is 2.18. The van der Waals surface area contributed by atoms with E-state index in [1.807, 2.05) is 0 Å². The van der Waals surface area contributed by atoms with Crippen LogP contribution in [0.5, 0.6) is 5.75 Å². The van der Waals surface area contributed by atoms with Crippen LogP contribution in [0.2, 0.25) is 0 Å². The van der Waals surface area contributed by atoms with Crippen LogP contribution < -0.4 is 4.74 Å². The second-order valence-electron chi connectivity index (χ2n) is 5.60. The van der Waals surface area contributed by atoms with E-state index in [2.05, 4.69) is 52.8 Å². The van der Waals surface area contributed by atoms with Crippen molar-refractivity contribution in [2.45, 2.75) is 72.0 Å². The molecule has 1 N–H and O–H groups in total. The Labute approximate surface area is 117 Å². The van der Waals surface area contributed by atoms with Gasteiger partial charge in [0.1, 0.15) is 11.9 Å². The van der Waals surface area contributed by atoms with Gasteiger partial charge in [-0.25, -0.2) is 0 Å². The molecule has 0 amide bonds. The molecular weight excluding hydrogens is 236 g/mol. The summed E-state index contributed by atoms with van der Waals surface area (Å²) in [7, 11) is 0. The number of aliphatic hydroxyl groups is 1. The number of ether oxygens (including phenoxy) is 1. The highest BCUT2D eigenvalue weighted by atomic mass is 16.5. The third-order valence-corrected chi connectivity index (χ3v) is 3.57. The van der Waals surface area contributed by atoms with Crippen LogP contribution in [0.4, 0.5) is 0 Å². The van der Waals surface area contributed by atoms with Gasteiger partial charge in [0.2, 0.25) is 0 Å². The molecule has 0 radical (unpaired) electrons. The fourth-order valence-electron chi connectivity index (χ4n) is 2.18. The zero-order chi connectivity index (χ0) is 14.4. The van der Waals surface area contributed by atoms with Crippen LogP contribution in [-0.4, -0.2) is 17.3 Å². The monoisotopic (exact) mass is 264 g/mol. The van der Waals surface area contributed by atoms with E-state index in [-0.39, 0.29) is 12.2 Å². The molecule has 108 valence electrons. The lowest BCUT2D eigenvalue weighted by atomic mass is 10.0. The number of benzene rings is 1. The SMILES string of the molecule is CCCC(O)C(CC)Oc1cc(C(C)C)ccc1C. The van der Waals surface area contributed by atoms with Crippen molar-refractivity contribution in [2.75, 3.05) is 0 Å². The Kier molecular flexibility index (Phi) is 6.36. The minimum absolute atomic E-state index is 0.110. The molecule has 19 heavy (non-hydrogen) atoms. The molecule has 0 saturated heterocycles. The lowest BCUT2D eigenvalue weighted by Crippen LogP contribution is -2.31. The van der Waals surface area contributed by atoms with Crippen LogP contribution >= 0.6 is 0 Å². The Balaban J connectivity index is 2.86. The highest BCUT2D eigenvalue weighted by molar-refractivity contribution is 5.38. The van der Waals surface area contributed by atoms with Crippen LogP contribution in [0.1, 0.15) is 64.0 Å². The lowest BCUT2D eigenvalue weighted by molar-refractivity contribution is 0.0280. The van der Waals surface area contributed by atoms with Gasteiger partial charge in [0.05, 0.1) is 6.10 Å². The molecule has 0 heterocycles. The van der Waals surface area contributed by atoms with E-state index < -0.39 is 0 Å². The van der Waals surface area contributed by atoms with E-state index in [4.69, 9.17) is 4.74 Å². The Bertz CT molecular complexity index is 385. The summed E-state index contributed by atoms with van der Waals surface area (Å²) in [6, 6.07) is 6.36. The van der Waals surface area contributed by atoms with Crippen molar-refractivity contribution in [1.29, 1.82) is 0 Å². The Morgan fingerprint density at radius 2 is 1.89 bits per heavy atom. The molecule has 0 aliphatic heterocycles. The lowest BCUT2D eigenvalue weighted by Gasteiger charge is -2.24. The first-order chi connectivity index (χ1) is 8.99. The van der Waals surface area contributed by atoms with Crippen LogP contribution in [0.25, 0.3) is 0 Å². The molecule has 2 atom stereocenters. The number of hydrogen-bond acceptors (Lipinski definition) is 2. The number of aryl methyl sites for hydroxylation is 1. The highest BCUT2D eigenvalue weighted by Crippen LogP contribution is 2.26. The van der Waals surface area contributed by atoms with E-state index in [9.17, 15) is 5.11 Å². The molecule has 0 aliphatic rings. The molecule has 2 unspecified atom stereocenters. The summed E-state index contributed by atoms with van der Waals surface area (Å²) in [6.07, 6.45) is 2.11. The maximum atomic E-state index is 10.1. The normalized spacial score (nSPS) is 14.5. The second-order valence-corrected chi connectivity index (χ2v) is 5.60. The van der Waals surface area contributed by atoms with Gasteiger partial charge < -0.3 is 9.84 Å². The summed E-state index contributed by atoms with van der Waals surface area (Å²) in [6.45, 7) is 10.6. The Hall–Kier alpha value is -1.02. The summed E-state index contributed by atoms with van der Waals surface area (Å²) in [5.74, 6) is 1.40. The van der Waals surface area contributed by atoms with Gasteiger partial charge in [-0.3, -0.25) is 0 Å². The standard InChI is InChI=1S/C17H28O2/c1-6-8-15(18)16(7-2)19-17-11-14(12(3)4)10-9-13(17)5/h9-12,15-16,18H,6-8H2,1-5H3. The maximum absolute atomic E-state index is 10.1. The molecule has 1 aromatic carbocycles. The minimum Gasteiger partial charge on any atom is -0.487 e. The average Bonchev–Trinajstić information content (AvgIpc) is 2.37. The third-order valence-electron chi connectivity index (χ3n) is 3.57. The van der Waals surface area contributed by atoms with Crippen molar-refractivity contribution in [3.63, 3.8) is 0 Å². The number of hydrogen-bond donors (Lipinski definition) is 1. The number of rotatable bonds is 7. The van der Waals surface area contributed by atoms with Gasteiger partial charge in [0.15, 0.2) is 0 Å². The fraction of sp³-hybridized carbons (Fsp3) is 0.647. The molecule has 0 saturated carbocycles. The Morgan fingerprint density at radius 1 is 1.21 bits per heavy atom. The van der Waals surface area contributed by atoms with Gasteiger partial charge in [-0.05, 0) is 42.9 Å². The summed E-state index contributed by atoms with van der Waals surface area (Å²) in [5, 5.41) is 10.1. The zero-order valence-electron chi connectivity index (χ0n) is 12.9. The summed E-state index contributed by atoms with van der Waals surface area (Å²) in [4.78, 5) is 0. The van der Waals surface area contributed by atoms with Crippen molar-refractivity contribution in [3.8, 4) is 5.75 Å². The van der Waals surface area contributed by atoms with Gasteiger partial charge in [0, 0.05) is 0 Å². The maximum Gasteiger partial charge on any atom is 0.124 e. The first-order valence-corrected chi connectivity index (χ1v) is 7.44. The molecule has 0 bridgehead atoms. The van der Waals surface area contributed by atoms with E-state index in [0.29, 0.717) is 5.92 Å². The second kappa shape index (κ2) is 7.54. The van der Waals surface area contributed by atoms with E-state index in [1.54, 1.807) is 0 Å². The molecule has 2 heteroatoms. The van der Waals surface area contributed by atoms with Crippen LogP contribution in [0, 0.1) is 6.92 Å². The number of aliphatic hydroxyl groups excluding tert-OH is 1. The molecule has 0 aliphatic carbocycles. The molecule has 0 spiro atoms. The van der Waals surface area contributed by atoms with Crippen LogP contribution in [0.15, 0.2) is 18.2 Å². The van der Waals surface area contributed by atoms with Crippen molar-refractivity contribution in [3.05, 3.63) is 29.3 Å². The van der Waals surface area contributed by atoms with E-state index in [0.717, 1.165) is 30.6 Å². The quantitative estimate of drug-likeness (QED) is 0.789. The summed E-state index contributed by atoms with van der Waals surface area (Å²) >= 11 is 0. The molecule has 1 aromatic rings. The summed E-state index contributed by atoms with van der Waals surface area (Å²) in [5.41, 5.74) is 2.41. The average molecular weight is 264 g/mol. The smallest absolute Gasteiger partial charge is 0.124 e. The van der Waals surface area contributed by atoms with Crippen molar-refractivity contribution in [2.24, 2.45) is 0 Å². The third kappa shape index (κ3) is 4.54. The van der Waals surface area contributed by atoms with Crippen molar-refractivity contribution in [1.82, 2.24) is 0 Å². The van der Waals surface area contributed by atoms with Gasteiger partial charge in [-0.2, -0.15) is 0 Å².